The lowest BCUT2D eigenvalue weighted by molar-refractivity contribution is -0.139. The molecule has 10 fully saturated rings. The molecule has 1 aliphatic carbocycles. The maximum absolute atomic E-state index is 12.4. The summed E-state index contributed by atoms with van der Waals surface area (Å²) in [5, 5.41) is 41.0. The molecule has 11 aliphatic rings. The number of carbonyl (C=O) groups excluding carboxylic acids is 8. The van der Waals surface area contributed by atoms with Gasteiger partial charge in [-0.3, -0.25) is 77.6 Å². The monoisotopic (exact) mass is 1780 g/mol. The Hall–Kier alpha value is -7.75. The average Bonchev–Trinajstić information content (AvgIpc) is 1.61. The minimum atomic E-state index is -0.670. The van der Waals surface area contributed by atoms with Crippen LogP contribution in [0.4, 0.5) is 0 Å². The molecule has 13 atom stereocenters. The van der Waals surface area contributed by atoms with E-state index in [0.29, 0.717) is 38.1 Å². The Morgan fingerprint density at radius 2 is 0.764 bits per heavy atom. The Morgan fingerprint density at radius 3 is 1.09 bits per heavy atom. The van der Waals surface area contributed by atoms with Crippen LogP contribution in [0, 0.1) is 0 Å². The van der Waals surface area contributed by atoms with E-state index in [9.17, 15) is 48.6 Å². The second-order valence-corrected chi connectivity index (χ2v) is 36.9. The molecule has 10 aliphatic heterocycles. The fraction of sp³-hybridized carbons (Fsp3) is 0.653. The quantitative estimate of drug-likeness (QED) is 0.0206. The first-order chi connectivity index (χ1) is 61.3. The molecule has 1 unspecified atom stereocenters. The number of rotatable bonds is 27. The molecule has 0 spiro atoms. The number of methoxy groups -OCH3 is 1. The number of aliphatic hydroxyl groups excluding tert-OH is 2. The normalized spacial score (nSPS) is 24.4. The molecular weight excluding hydrogens is 1630 g/mol. The van der Waals surface area contributed by atoms with Crippen molar-refractivity contribution in [2.45, 2.75) is 227 Å². The lowest BCUT2D eigenvalue weighted by atomic mass is 9.93. The van der Waals surface area contributed by atoms with E-state index in [1.54, 1.807) is 24.9 Å². The van der Waals surface area contributed by atoms with Gasteiger partial charge in [0.2, 0.25) is 47.3 Å². The minimum absolute atomic E-state index is 0.0162. The number of nitrogens with one attached hydrogen (secondary N) is 7. The van der Waals surface area contributed by atoms with Crippen LogP contribution in [-0.2, 0) is 47.8 Å². The van der Waals surface area contributed by atoms with E-state index < -0.39 is 12.2 Å². The molecule has 15 rings (SSSR count). The maximum Gasteiger partial charge on any atom is 0.239 e. The highest BCUT2D eigenvalue weighted by Crippen LogP contribution is 2.46. The largest absolute Gasteiger partial charge is 0.386 e. The van der Waals surface area contributed by atoms with Crippen LogP contribution < -0.4 is 37.2 Å². The summed E-state index contributed by atoms with van der Waals surface area (Å²) in [5.41, 5.74) is 7.14. The third kappa shape index (κ3) is 32.9. The summed E-state index contributed by atoms with van der Waals surface area (Å²) in [4.78, 5) is 114. The summed E-state index contributed by atoms with van der Waals surface area (Å²) in [5.74, 6) is 2.62. The van der Waals surface area contributed by atoms with Gasteiger partial charge in [-0.2, -0.15) is 11.8 Å². The second kappa shape index (κ2) is 56.1. The van der Waals surface area contributed by atoms with Gasteiger partial charge in [0.05, 0.1) is 85.3 Å². The summed E-state index contributed by atoms with van der Waals surface area (Å²) >= 11 is 1.76. The van der Waals surface area contributed by atoms with Crippen molar-refractivity contribution < 1.29 is 58.0 Å². The number of hydrogen-bond acceptors (Lipinski definition) is 21. The van der Waals surface area contributed by atoms with E-state index in [1.165, 1.54) is 35.1 Å². The molecule has 29 heteroatoms. The Labute approximate surface area is 763 Å². The highest BCUT2D eigenvalue weighted by atomic mass is 32.2. The first-order valence-corrected chi connectivity index (χ1v) is 48.4. The molecule has 9 N–H and O–H groups in total. The van der Waals surface area contributed by atoms with E-state index in [1.807, 2.05) is 135 Å². The van der Waals surface area contributed by atoms with Crippen LogP contribution >= 0.6 is 11.8 Å². The van der Waals surface area contributed by atoms with Crippen LogP contribution in [0.3, 0.4) is 0 Å². The van der Waals surface area contributed by atoms with Gasteiger partial charge in [-0.05, 0) is 291 Å². The number of likely N-dealkylation sites (N-methyl/N-ethyl adjacent to an activating group) is 8. The zero-order valence-electron chi connectivity index (χ0n) is 78.5. The van der Waals surface area contributed by atoms with Crippen molar-refractivity contribution in [3.63, 3.8) is 0 Å². The summed E-state index contributed by atoms with van der Waals surface area (Å²) in [7, 11) is 17.7. The van der Waals surface area contributed by atoms with Crippen LogP contribution in [0.15, 0.2) is 122 Å². The van der Waals surface area contributed by atoms with E-state index in [-0.39, 0.29) is 108 Å². The van der Waals surface area contributed by atoms with Crippen molar-refractivity contribution in [1.82, 2.24) is 81.3 Å². The predicted molar refractivity (Wildman–Crippen MR) is 507 cm³/mol. The summed E-state index contributed by atoms with van der Waals surface area (Å²) in [6, 6.07) is 36.1. The van der Waals surface area contributed by atoms with E-state index in [4.69, 9.17) is 9.47 Å². The third-order valence-electron chi connectivity index (χ3n) is 26.6. The number of ether oxygens (including phenoxy) is 2. The molecule has 0 radical (unpaired) electrons. The lowest BCUT2D eigenvalue weighted by Crippen LogP contribution is -2.50. The van der Waals surface area contributed by atoms with Crippen molar-refractivity contribution >= 4 is 59.0 Å². The van der Waals surface area contributed by atoms with E-state index in [0.717, 1.165) is 218 Å². The average molecular weight is 1780 g/mol. The SMILES string of the molecule is C=CCNC(=O)[C@@H]1CCCN1C.CN1CCC[C@H]1C(=O)N1CCC1.CN1CCC[C@H]1C(=O)NCC1CCCO1.CN1CCC[C@H]1C(=O)NCCC1c2ccccc2-c2ccccc21.COCCNC(=O)[C@@H]1CCCN1C.CSCCNC(=O)[C@@H]1CCCN1C.C[C@@H](NC(=O)[C@@H]1CCCN1C)[C@@H](O)c1ccccc1.C[C@H](NC(=O)[C@@H]1CCCN1C)[C@@H](O)c1ccccc1. The molecule has 706 valence electrons. The van der Waals surface area contributed by atoms with Crippen molar-refractivity contribution in [3.05, 3.63) is 144 Å². The van der Waals surface area contributed by atoms with Gasteiger partial charge in [0, 0.05) is 71.2 Å². The summed E-state index contributed by atoms with van der Waals surface area (Å²) in [6.07, 6.45) is 23.8. The van der Waals surface area contributed by atoms with Gasteiger partial charge in [-0.15, -0.1) is 6.58 Å². The fourth-order valence-electron chi connectivity index (χ4n) is 18.6. The third-order valence-corrected chi connectivity index (χ3v) is 27.2. The number of amides is 8. The van der Waals surface area contributed by atoms with Crippen LogP contribution in [0.2, 0.25) is 0 Å². The van der Waals surface area contributed by atoms with Gasteiger partial charge in [-0.1, -0.05) is 115 Å². The highest BCUT2D eigenvalue weighted by molar-refractivity contribution is 7.98. The van der Waals surface area contributed by atoms with E-state index in [2.05, 4.69) is 139 Å². The Balaban J connectivity index is 0.000000182. The van der Waals surface area contributed by atoms with Gasteiger partial charge in [0.15, 0.2) is 0 Å². The highest BCUT2D eigenvalue weighted by Gasteiger charge is 2.38. The first kappa shape index (κ1) is 105. The molecular formula is C98H156N16O12S. The number of benzene rings is 4. The number of hydrogen-bond donors (Lipinski definition) is 9. The van der Waals surface area contributed by atoms with Crippen LogP contribution in [0.25, 0.3) is 11.1 Å². The van der Waals surface area contributed by atoms with Gasteiger partial charge in [0.25, 0.3) is 0 Å². The Bertz CT molecular complexity index is 3800. The molecule has 4 aromatic rings. The number of nitrogens with zero attached hydrogens (tertiary/aromatic N) is 9. The molecule has 4 aromatic carbocycles. The number of carbonyl (C=O) groups is 8. The van der Waals surface area contributed by atoms with Gasteiger partial charge in [0.1, 0.15) is 0 Å². The molecule has 127 heavy (non-hydrogen) atoms. The van der Waals surface area contributed by atoms with Gasteiger partial charge in [-0.25, -0.2) is 0 Å². The number of likely N-dealkylation sites (tertiary alicyclic amines) is 9. The topological polar surface area (TPSA) is 309 Å². The molecule has 0 saturated carbocycles. The lowest BCUT2D eigenvalue weighted by Gasteiger charge is -2.34. The molecule has 28 nitrogen and oxygen atoms in total. The van der Waals surface area contributed by atoms with Gasteiger partial charge >= 0.3 is 0 Å². The minimum Gasteiger partial charge on any atom is -0.386 e. The molecule has 10 heterocycles. The van der Waals surface area contributed by atoms with Crippen LogP contribution in [0.5, 0.6) is 0 Å². The first-order valence-electron chi connectivity index (χ1n) is 47.0. The van der Waals surface area contributed by atoms with Crippen molar-refractivity contribution in [3.8, 4) is 11.1 Å². The Morgan fingerprint density at radius 1 is 0.425 bits per heavy atom. The van der Waals surface area contributed by atoms with Crippen molar-refractivity contribution in [2.24, 2.45) is 0 Å². The van der Waals surface area contributed by atoms with E-state index >= 15 is 0 Å². The zero-order chi connectivity index (χ0) is 91.7. The van der Waals surface area contributed by atoms with Gasteiger partial charge < -0.3 is 61.8 Å². The molecule has 10 saturated heterocycles. The smallest absolute Gasteiger partial charge is 0.239 e. The number of thioether (sulfide) groups is 1. The molecule has 0 aromatic heterocycles. The summed E-state index contributed by atoms with van der Waals surface area (Å²) < 4.78 is 10.3. The number of aliphatic hydroxyl groups is 2. The summed E-state index contributed by atoms with van der Waals surface area (Å²) in [6.45, 7) is 22.2. The zero-order valence-corrected chi connectivity index (χ0v) is 79.4. The predicted octanol–water partition coefficient (Wildman–Crippen LogP) is 7.51. The Kier molecular flexibility index (Phi) is 46.2. The van der Waals surface area contributed by atoms with Crippen LogP contribution in [-0.4, -0.2) is 355 Å². The van der Waals surface area contributed by atoms with Crippen molar-refractivity contribution in [2.75, 3.05) is 187 Å². The molecule has 8 amide bonds. The molecule has 0 bridgehead atoms. The maximum atomic E-state index is 12.4. The van der Waals surface area contributed by atoms with Crippen LogP contribution in [0.1, 0.15) is 183 Å². The second-order valence-electron chi connectivity index (χ2n) is 35.9. The number of fused-ring (bicyclic) bond motifs is 3. The van der Waals surface area contributed by atoms with Crippen molar-refractivity contribution in [1.29, 1.82) is 0 Å². The fourth-order valence-corrected chi connectivity index (χ4v) is 18.9. The standard InChI is InChI=1S/C21H24N2O.2C15H22N2O2.C11H20N2O2.C9H18N2O2.C9H18N2OS.2C9H16N2O/c1-23-14-6-11-20(23)21(24)22-13-12-19-17-9-4-2-7-15(17)16-8-3-5-10-18(16)19;2*1-11(14(18)12-7-4-3-5-8-12)16-15(19)13-9-6-10-17(13)2;1-13-6-2-5-10(13)11(14)12-8-9-4-3-7-15-9;2*1-11-6-3-4-8(11)9(12)10-5-7-13-2;1-10-5-2-4-8(10)9(12)11-6-3-7-11;1-3-6-10-9(12)8-5-4-7-11(8)2/h2-5,7-10,19-20H,6,11-14H2,1H3,(H,22,24);2*3-5,7-8,11,13-14,18H,6,9-10H2,1-2H3,(H,16,19);9-10H,2-8H2,1H3,(H,12,14);2*8H,3-7H2,1-2H3,(H,10,12);8H,2-7H2,1H3;3,8H,1,4-7H2,2H3,(H,10,12)/t20-;11-,13+,14-;11-,13-,14+;9?,10-;4*8-/m01000000/s1.